The van der Waals surface area contributed by atoms with Crippen molar-refractivity contribution in [1.29, 1.82) is 0 Å². The molecule has 0 radical (unpaired) electrons. The minimum atomic E-state index is -1.21. The van der Waals surface area contributed by atoms with Gasteiger partial charge in [0.2, 0.25) is 6.48 Å². The summed E-state index contributed by atoms with van der Waals surface area (Å²) in [6, 6.07) is 5.03. The maximum Gasteiger partial charge on any atom is 0.273 e. The first-order valence-electron chi connectivity index (χ1n) is 9.61. The lowest BCUT2D eigenvalue weighted by Gasteiger charge is -2.55. The molecule has 0 amide bonds. The summed E-state index contributed by atoms with van der Waals surface area (Å²) < 4.78 is 6.11. The Hall–Kier alpha value is -1.95. The predicted octanol–water partition coefficient (Wildman–Crippen LogP) is 3.48. The van der Waals surface area contributed by atoms with E-state index in [4.69, 9.17) is 4.65 Å². The molecule has 0 unspecified atom stereocenters. The van der Waals surface area contributed by atoms with Crippen LogP contribution in [0.3, 0.4) is 0 Å². The number of hydrogen-bond donors (Lipinski definition) is 3. The molecule has 4 heterocycles. The smallest absolute Gasteiger partial charge is 0.273 e. The Morgan fingerprint density at radius 3 is 2.60 bits per heavy atom. The number of fused-ring (bicyclic) bond motifs is 1. The second kappa shape index (κ2) is 5.53. The lowest BCUT2D eigenvalue weighted by Crippen LogP contribution is -2.60. The number of nitrogens with one attached hydrogen (secondary N) is 2. The largest absolute Gasteiger partial charge is 0.673 e. The highest BCUT2D eigenvalue weighted by atomic mass is 16.5. The molecule has 1 aromatic carbocycles. The zero-order valence-electron chi connectivity index (χ0n) is 14.3. The Morgan fingerprint density at radius 1 is 1.16 bits per heavy atom. The Balaban J connectivity index is 1.43. The molecule has 3 N–H and O–H groups in total. The molecule has 0 aliphatic carbocycles. The normalized spacial score (nSPS) is 34.6. The van der Waals surface area contributed by atoms with Crippen LogP contribution >= 0.6 is 0 Å². The summed E-state index contributed by atoms with van der Waals surface area (Å²) in [5.74, 6) is 1.20. The third kappa shape index (κ3) is 2.30. The first-order chi connectivity index (χ1) is 12.2. The van der Waals surface area contributed by atoms with E-state index in [9.17, 15) is 9.90 Å². The minimum Gasteiger partial charge on any atom is -0.673 e. The molecule has 3 saturated heterocycles. The monoisotopic (exact) mass is 339 g/mol. The van der Waals surface area contributed by atoms with Crippen LogP contribution < -0.4 is 5.23 Å². The van der Waals surface area contributed by atoms with Crippen LogP contribution in [0.4, 0.5) is 0 Å². The van der Waals surface area contributed by atoms with Crippen molar-refractivity contribution in [2.75, 3.05) is 0 Å². The Morgan fingerprint density at radius 2 is 1.88 bits per heavy atom. The number of aromatic hydroxyl groups is 1. The van der Waals surface area contributed by atoms with Gasteiger partial charge >= 0.3 is 0 Å². The molecule has 25 heavy (non-hydrogen) atoms. The quantitative estimate of drug-likeness (QED) is 0.733. The van der Waals surface area contributed by atoms with E-state index in [1.165, 1.54) is 38.5 Å². The van der Waals surface area contributed by atoms with Gasteiger partial charge < -0.3 is 20.0 Å². The Kier molecular flexibility index (Phi) is 3.39. The number of benzene rings is 1. The number of H-pyrrole nitrogens is 1. The zero-order valence-corrected chi connectivity index (χ0v) is 14.3. The van der Waals surface area contributed by atoms with Crippen LogP contribution in [0.1, 0.15) is 44.1 Å². The van der Waals surface area contributed by atoms with Gasteiger partial charge in [-0.3, -0.25) is 4.79 Å². The lowest BCUT2D eigenvalue weighted by atomic mass is 9.28. The first-order valence-corrected chi connectivity index (χ1v) is 9.61. The number of phenols is 1. The van der Waals surface area contributed by atoms with E-state index >= 15 is 0 Å². The van der Waals surface area contributed by atoms with E-state index in [0.717, 1.165) is 16.5 Å². The van der Waals surface area contributed by atoms with Gasteiger partial charge in [-0.2, -0.15) is 0 Å². The average molecular weight is 339 g/mol. The molecule has 0 saturated carbocycles. The summed E-state index contributed by atoms with van der Waals surface area (Å²) in [5.41, 5.74) is 2.03. The molecule has 3 aliphatic rings. The summed E-state index contributed by atoms with van der Waals surface area (Å²) in [4.78, 5) is 15.9. The molecule has 1 spiro atoms. The van der Waals surface area contributed by atoms with Crippen molar-refractivity contribution in [2.24, 2.45) is 0 Å². The molecule has 1 aromatic heterocycles. The molecule has 3 aliphatic heterocycles. The molecular formula is C19H24BN2O3-. The SMILES string of the molecule is O=C1O[B-]2(N[C@H]1Cc1c[nH]c3ccc(O)cc13)C1CCCC2CCC1. The van der Waals surface area contributed by atoms with Gasteiger partial charge in [0.15, 0.2) is 0 Å². The van der Waals surface area contributed by atoms with Crippen molar-refractivity contribution < 1.29 is 14.6 Å². The van der Waals surface area contributed by atoms with Crippen molar-refractivity contribution in [3.8, 4) is 5.75 Å². The molecular weight excluding hydrogens is 315 g/mol. The molecule has 2 aromatic rings. The van der Waals surface area contributed by atoms with Crippen LogP contribution in [-0.2, 0) is 15.9 Å². The lowest BCUT2D eigenvalue weighted by molar-refractivity contribution is -0.134. The minimum absolute atomic E-state index is 0.0895. The van der Waals surface area contributed by atoms with E-state index in [1.807, 2.05) is 12.3 Å². The Bertz CT molecular complexity index is 811. The summed E-state index contributed by atoms with van der Waals surface area (Å²) in [6.45, 7) is -1.21. The topological polar surface area (TPSA) is 74.3 Å². The summed E-state index contributed by atoms with van der Waals surface area (Å²) >= 11 is 0. The Labute approximate surface area is 147 Å². The number of aromatic amines is 1. The van der Waals surface area contributed by atoms with E-state index < -0.39 is 6.48 Å². The van der Waals surface area contributed by atoms with Gasteiger partial charge in [-0.15, -0.1) is 11.6 Å². The standard InChI is InChI=1S/C19H24BN2O3/c23-15-7-8-17-16(10-15)12(11-21-17)9-18-19(24)25-20(22-18)13-3-1-4-14(20)6-2-5-13/h7-8,10-11,13-14,18,21-23H,1-6,9H2/q-1/t13?,14?,18-,20?/m0/s1. The van der Waals surface area contributed by atoms with Crippen LogP contribution in [0.15, 0.2) is 24.4 Å². The maximum absolute atomic E-state index is 12.7. The van der Waals surface area contributed by atoms with Crippen LogP contribution in [0.5, 0.6) is 5.75 Å². The number of rotatable bonds is 2. The van der Waals surface area contributed by atoms with Gasteiger partial charge in [-0.1, -0.05) is 38.5 Å². The predicted molar refractivity (Wildman–Crippen MR) is 97.6 cm³/mol. The van der Waals surface area contributed by atoms with Gasteiger partial charge in [0.25, 0.3) is 5.97 Å². The van der Waals surface area contributed by atoms with Crippen LogP contribution in [0.2, 0.25) is 11.6 Å². The fraction of sp³-hybridized carbons (Fsp3) is 0.526. The van der Waals surface area contributed by atoms with Gasteiger partial charge in [-0.05, 0) is 30.2 Å². The molecule has 2 bridgehead atoms. The highest BCUT2D eigenvalue weighted by Gasteiger charge is 2.53. The van der Waals surface area contributed by atoms with Gasteiger partial charge in [0.1, 0.15) is 5.75 Å². The second-order valence-electron chi connectivity index (χ2n) is 8.20. The molecule has 5 nitrogen and oxygen atoms in total. The summed E-state index contributed by atoms with van der Waals surface area (Å²) in [6.07, 6.45) is 9.82. The number of aromatic nitrogens is 1. The van der Waals surface area contributed by atoms with Crippen molar-refractivity contribution in [3.63, 3.8) is 0 Å². The van der Waals surface area contributed by atoms with Crippen molar-refractivity contribution in [1.82, 2.24) is 10.2 Å². The first kappa shape index (κ1) is 15.3. The van der Waals surface area contributed by atoms with Crippen LogP contribution in [-0.4, -0.2) is 28.6 Å². The summed E-state index contributed by atoms with van der Waals surface area (Å²) in [5, 5.41) is 14.4. The van der Waals surface area contributed by atoms with Crippen molar-refractivity contribution in [3.05, 3.63) is 30.0 Å². The van der Waals surface area contributed by atoms with Crippen LogP contribution in [0, 0.1) is 0 Å². The molecule has 132 valence electrons. The van der Waals surface area contributed by atoms with Gasteiger partial charge in [0, 0.05) is 17.1 Å². The average Bonchev–Trinajstić information content (AvgIpc) is 3.09. The van der Waals surface area contributed by atoms with Gasteiger partial charge in [-0.25, -0.2) is 0 Å². The van der Waals surface area contributed by atoms with Crippen LogP contribution in [0.25, 0.3) is 10.9 Å². The fourth-order valence-corrected chi connectivity index (χ4v) is 5.80. The molecule has 3 fully saturated rings. The zero-order chi connectivity index (χ0) is 17.0. The van der Waals surface area contributed by atoms with E-state index in [0.29, 0.717) is 18.1 Å². The third-order valence-corrected chi connectivity index (χ3v) is 6.93. The third-order valence-electron chi connectivity index (χ3n) is 6.93. The highest BCUT2D eigenvalue weighted by Crippen LogP contribution is 2.53. The van der Waals surface area contributed by atoms with Crippen molar-refractivity contribution in [2.45, 2.75) is 62.6 Å². The van der Waals surface area contributed by atoms with Gasteiger partial charge in [0.05, 0.1) is 6.04 Å². The van der Waals surface area contributed by atoms with E-state index in [-0.39, 0.29) is 17.8 Å². The molecule has 1 atom stereocenters. The number of hydrogen-bond acceptors (Lipinski definition) is 4. The summed E-state index contributed by atoms with van der Waals surface area (Å²) in [7, 11) is 0. The highest BCUT2D eigenvalue weighted by molar-refractivity contribution is 6.77. The number of carbonyl (C=O) groups excluding carboxylic acids is 1. The van der Waals surface area contributed by atoms with E-state index in [2.05, 4.69) is 10.2 Å². The second-order valence-corrected chi connectivity index (χ2v) is 8.20. The number of phenolic OH excluding ortho intramolecular Hbond substituents is 1. The maximum atomic E-state index is 12.7. The van der Waals surface area contributed by atoms with E-state index in [1.54, 1.807) is 12.1 Å². The fourth-order valence-electron chi connectivity index (χ4n) is 5.80. The van der Waals surface area contributed by atoms with Crippen molar-refractivity contribution >= 4 is 23.4 Å². The molecule has 6 heteroatoms. The molecule has 5 rings (SSSR count). The number of carbonyl (C=O) groups is 1.